The minimum absolute atomic E-state index is 0.427. The topological polar surface area (TPSA) is 55.8 Å². The number of rotatable bonds is 15. The monoisotopic (exact) mass is 336 g/mol. The molecule has 0 aromatic carbocycles. The van der Waals surface area contributed by atoms with E-state index in [4.69, 9.17) is 4.13 Å². The third kappa shape index (κ3) is 17.9. The number of unbranched alkanes of at least 4 members (excludes halogenated alkanes) is 11. The van der Waals surface area contributed by atoms with E-state index >= 15 is 0 Å². The minimum atomic E-state index is -3.46. The van der Waals surface area contributed by atoms with Crippen LogP contribution in [0.5, 0.6) is 0 Å². The summed E-state index contributed by atoms with van der Waals surface area (Å²) < 4.78 is 22.8. The Bertz CT molecular complexity index is 200. The van der Waals surface area contributed by atoms with E-state index in [1.807, 2.05) is 0 Å². The zero-order valence-electron chi connectivity index (χ0n) is 12.4. The van der Waals surface area contributed by atoms with Crippen LogP contribution in [0.25, 0.3) is 0 Å². The van der Waals surface area contributed by atoms with Gasteiger partial charge in [-0.05, 0) is 0 Å². The van der Waals surface area contributed by atoms with Crippen molar-refractivity contribution in [1.29, 1.82) is 0 Å². The fourth-order valence-corrected chi connectivity index (χ4v) is 2.48. The van der Waals surface area contributed by atoms with Crippen molar-refractivity contribution in [2.45, 2.75) is 84.0 Å². The summed E-state index contributed by atoms with van der Waals surface area (Å²) >= 11 is -3.46. The van der Waals surface area contributed by atoms with Gasteiger partial charge in [-0.2, -0.15) is 0 Å². The Morgan fingerprint density at radius 3 is 1.63 bits per heavy atom. The summed E-state index contributed by atoms with van der Waals surface area (Å²) in [6.45, 7) is 2.68. The van der Waals surface area contributed by atoms with E-state index in [9.17, 15) is 3.78 Å². The number of hydrogen-bond acceptors (Lipinski definition) is 3. The van der Waals surface area contributed by atoms with Crippen LogP contribution in [0.4, 0.5) is 0 Å². The van der Waals surface area contributed by atoms with Crippen LogP contribution in [0.2, 0.25) is 0 Å². The molecule has 1 N–H and O–H groups in total. The van der Waals surface area contributed by atoms with Crippen LogP contribution in [0.3, 0.4) is 0 Å². The summed E-state index contributed by atoms with van der Waals surface area (Å²) in [5.74, 6) is 0. The Morgan fingerprint density at radius 1 is 0.789 bits per heavy atom. The van der Waals surface area contributed by atoms with Crippen molar-refractivity contribution in [2.24, 2.45) is 0 Å². The second-order valence-electron chi connectivity index (χ2n) is 5.06. The molecule has 0 heterocycles. The zero-order valence-corrected chi connectivity index (χ0v) is 14.5. The van der Waals surface area contributed by atoms with E-state index in [1.165, 1.54) is 64.2 Å². The van der Waals surface area contributed by atoms with Gasteiger partial charge in [0.15, 0.2) is 0 Å². The normalized spacial score (nSPS) is 10.6. The molecule has 5 heteroatoms. The molecule has 4 nitrogen and oxygen atoms in total. The van der Waals surface area contributed by atoms with Gasteiger partial charge in [-0.15, -0.1) is 0 Å². The molecule has 0 aliphatic carbocycles. The van der Waals surface area contributed by atoms with Gasteiger partial charge in [-0.25, -0.2) is 0 Å². The van der Waals surface area contributed by atoms with Crippen LogP contribution in [0, 0.1) is 0 Å². The molecule has 0 bridgehead atoms. The molecule has 0 fully saturated rings. The molecule has 0 aromatic rings. The molecule has 19 heavy (non-hydrogen) atoms. The Balaban J connectivity index is 2.93. The van der Waals surface area contributed by atoms with E-state index < -0.39 is 15.0 Å². The molecule has 0 aromatic heterocycles. The van der Waals surface area contributed by atoms with Gasteiger partial charge in [-0.1, -0.05) is 26.2 Å². The van der Waals surface area contributed by atoms with Gasteiger partial charge < -0.3 is 0 Å². The molecular formula is C14H30GeO4. The molecule has 0 rings (SSSR count). The fraction of sp³-hybridized carbons (Fsp3) is 1.00. The molecule has 0 atom stereocenters. The van der Waals surface area contributed by atoms with E-state index in [2.05, 4.69) is 15.7 Å². The quantitative estimate of drug-likeness (QED) is 0.212. The SMILES string of the molecule is CCCCCCCCCCCCCCO[O][Ge](=[O])[OH]. The molecule has 0 unspecified atom stereocenters. The van der Waals surface area contributed by atoms with Crippen LogP contribution in [0.1, 0.15) is 84.0 Å². The summed E-state index contributed by atoms with van der Waals surface area (Å²) in [4.78, 5) is 4.60. The molecule has 0 amide bonds. The van der Waals surface area contributed by atoms with Gasteiger partial charge in [0.05, 0.1) is 0 Å². The zero-order chi connectivity index (χ0) is 14.2. The van der Waals surface area contributed by atoms with Crippen molar-refractivity contribution in [2.75, 3.05) is 6.61 Å². The third-order valence-corrected chi connectivity index (χ3v) is 3.76. The molecule has 0 radical (unpaired) electrons. The molecule has 114 valence electrons. The summed E-state index contributed by atoms with van der Waals surface area (Å²) in [6, 6.07) is 0. The Morgan fingerprint density at radius 2 is 1.21 bits per heavy atom. The predicted molar refractivity (Wildman–Crippen MR) is 76.8 cm³/mol. The van der Waals surface area contributed by atoms with Gasteiger partial charge in [0.1, 0.15) is 0 Å². The van der Waals surface area contributed by atoms with Crippen LogP contribution >= 0.6 is 0 Å². The fourth-order valence-electron chi connectivity index (χ4n) is 2.09. The molecular weight excluding hydrogens is 305 g/mol. The van der Waals surface area contributed by atoms with Gasteiger partial charge in [0.2, 0.25) is 0 Å². The van der Waals surface area contributed by atoms with Gasteiger partial charge in [0.25, 0.3) is 0 Å². The summed E-state index contributed by atoms with van der Waals surface area (Å²) in [5, 5.41) is 0. The van der Waals surface area contributed by atoms with Crippen LogP contribution in [-0.4, -0.2) is 25.7 Å². The average molecular weight is 335 g/mol. The Hall–Kier alpha value is -0.0971. The van der Waals surface area contributed by atoms with Crippen LogP contribution in [-0.2, 0) is 12.6 Å². The van der Waals surface area contributed by atoms with Gasteiger partial charge in [0, 0.05) is 0 Å². The Labute approximate surface area is 122 Å². The van der Waals surface area contributed by atoms with Crippen molar-refractivity contribution >= 4 is 15.0 Å². The maximum atomic E-state index is 10.2. The number of hydrogen-bond donors (Lipinski definition) is 1. The maximum absolute atomic E-state index is 10.2. The standard InChI is InChI=1S/C14H30GeO4/c1-2-3-4-5-6-7-8-9-10-11-12-13-14-18-19-15(16)17/h16H,2-14H2,1H3. The van der Waals surface area contributed by atoms with E-state index in [-0.39, 0.29) is 0 Å². The first kappa shape index (κ1) is 18.9. The summed E-state index contributed by atoms with van der Waals surface area (Å²) in [6.07, 6.45) is 15.5. The third-order valence-electron chi connectivity index (χ3n) is 3.21. The first-order chi connectivity index (χ1) is 9.27. The Kier molecular flexibility index (Phi) is 15.9. The molecule has 0 spiro atoms. The molecule has 0 saturated carbocycles. The van der Waals surface area contributed by atoms with Crippen LogP contribution < -0.4 is 0 Å². The van der Waals surface area contributed by atoms with E-state index in [0.29, 0.717) is 6.61 Å². The summed E-state index contributed by atoms with van der Waals surface area (Å²) in [7, 11) is 0. The second-order valence-corrected chi connectivity index (χ2v) is 6.53. The van der Waals surface area contributed by atoms with Crippen LogP contribution in [0.15, 0.2) is 0 Å². The van der Waals surface area contributed by atoms with Crippen molar-refractivity contribution < 1.29 is 16.7 Å². The molecule has 0 aliphatic heterocycles. The molecule has 0 aliphatic rings. The van der Waals surface area contributed by atoms with Crippen molar-refractivity contribution in [3.8, 4) is 0 Å². The van der Waals surface area contributed by atoms with E-state index in [0.717, 1.165) is 12.8 Å². The first-order valence-electron chi connectivity index (χ1n) is 7.79. The summed E-state index contributed by atoms with van der Waals surface area (Å²) in [5.41, 5.74) is 0. The second kappa shape index (κ2) is 16.0. The van der Waals surface area contributed by atoms with E-state index in [1.54, 1.807) is 0 Å². The first-order valence-corrected chi connectivity index (χ1v) is 10.4. The predicted octanol–water partition coefficient (Wildman–Crippen LogP) is 4.04. The van der Waals surface area contributed by atoms with Crippen molar-refractivity contribution in [3.05, 3.63) is 0 Å². The van der Waals surface area contributed by atoms with Crippen molar-refractivity contribution in [1.82, 2.24) is 0 Å². The van der Waals surface area contributed by atoms with Gasteiger partial charge in [-0.3, -0.25) is 0 Å². The van der Waals surface area contributed by atoms with Crippen molar-refractivity contribution in [3.63, 3.8) is 0 Å². The molecule has 0 saturated heterocycles. The average Bonchev–Trinajstić information content (AvgIpc) is 2.39. The van der Waals surface area contributed by atoms with Gasteiger partial charge >= 0.3 is 96.1 Å².